The van der Waals surface area contributed by atoms with E-state index in [2.05, 4.69) is 15.6 Å². The van der Waals surface area contributed by atoms with Crippen LogP contribution in [0.25, 0.3) is 10.9 Å². The minimum absolute atomic E-state index is 0.286. The van der Waals surface area contributed by atoms with E-state index in [1.807, 2.05) is 68.6 Å². The Morgan fingerprint density at radius 3 is 2.57 bits per heavy atom. The SMILES string of the molecule is CCOc1cccc(C(C)NC(=O)C(Cc2c[nH]c3ccccc23)NC(=O)c2ccccc2Cl)c1. The second-order valence-corrected chi connectivity index (χ2v) is 8.71. The highest BCUT2D eigenvalue weighted by Crippen LogP contribution is 2.22. The van der Waals surface area contributed by atoms with Gasteiger partial charge in [0.25, 0.3) is 5.91 Å². The Kier molecular flexibility index (Phi) is 7.73. The molecule has 0 aliphatic heterocycles. The maximum Gasteiger partial charge on any atom is 0.253 e. The van der Waals surface area contributed by atoms with Crippen molar-refractivity contribution < 1.29 is 14.3 Å². The molecule has 2 unspecified atom stereocenters. The third kappa shape index (κ3) is 5.84. The first-order chi connectivity index (χ1) is 17.0. The largest absolute Gasteiger partial charge is 0.494 e. The molecule has 2 amide bonds. The molecule has 0 saturated heterocycles. The molecule has 0 spiro atoms. The number of amides is 2. The number of aromatic nitrogens is 1. The predicted molar refractivity (Wildman–Crippen MR) is 139 cm³/mol. The molecule has 0 radical (unpaired) electrons. The number of ether oxygens (including phenoxy) is 1. The first-order valence-corrected chi connectivity index (χ1v) is 12.0. The first-order valence-electron chi connectivity index (χ1n) is 11.6. The van der Waals surface area contributed by atoms with Gasteiger partial charge in [0.1, 0.15) is 11.8 Å². The zero-order chi connectivity index (χ0) is 24.8. The summed E-state index contributed by atoms with van der Waals surface area (Å²) in [7, 11) is 0. The molecule has 3 N–H and O–H groups in total. The molecular weight excluding hydrogens is 462 g/mol. The quantitative estimate of drug-likeness (QED) is 0.293. The second-order valence-electron chi connectivity index (χ2n) is 8.31. The van der Waals surface area contributed by atoms with Crippen molar-refractivity contribution in [3.63, 3.8) is 0 Å². The molecule has 4 aromatic rings. The third-order valence-corrected chi connectivity index (χ3v) is 6.20. The lowest BCUT2D eigenvalue weighted by Crippen LogP contribution is -2.48. The topological polar surface area (TPSA) is 83.2 Å². The fraction of sp³-hybridized carbons (Fsp3) is 0.214. The van der Waals surface area contributed by atoms with Gasteiger partial charge in [-0.2, -0.15) is 0 Å². The molecule has 3 aromatic carbocycles. The van der Waals surface area contributed by atoms with E-state index >= 15 is 0 Å². The van der Waals surface area contributed by atoms with E-state index in [1.165, 1.54) is 0 Å². The zero-order valence-corrected chi connectivity index (χ0v) is 20.4. The Morgan fingerprint density at radius 2 is 1.77 bits per heavy atom. The summed E-state index contributed by atoms with van der Waals surface area (Å²) in [5.41, 5.74) is 3.14. The monoisotopic (exact) mass is 489 g/mol. The molecule has 180 valence electrons. The smallest absolute Gasteiger partial charge is 0.253 e. The maximum absolute atomic E-state index is 13.5. The number of carbonyl (C=O) groups is 2. The van der Waals surface area contributed by atoms with Crippen LogP contribution in [0.15, 0.2) is 79.0 Å². The number of aromatic amines is 1. The van der Waals surface area contributed by atoms with Gasteiger partial charge in [-0.25, -0.2) is 0 Å². The van der Waals surface area contributed by atoms with Crippen molar-refractivity contribution in [3.8, 4) is 5.75 Å². The number of para-hydroxylation sites is 1. The number of hydrogen-bond acceptors (Lipinski definition) is 3. The number of rotatable bonds is 9. The van der Waals surface area contributed by atoms with Gasteiger partial charge >= 0.3 is 0 Å². The summed E-state index contributed by atoms with van der Waals surface area (Å²) in [6.45, 7) is 4.39. The van der Waals surface area contributed by atoms with Gasteiger partial charge in [-0.1, -0.05) is 54.1 Å². The van der Waals surface area contributed by atoms with E-state index in [9.17, 15) is 9.59 Å². The van der Waals surface area contributed by atoms with Crippen molar-refractivity contribution in [1.29, 1.82) is 0 Å². The van der Waals surface area contributed by atoms with Gasteiger partial charge in [0.15, 0.2) is 0 Å². The van der Waals surface area contributed by atoms with E-state index in [0.29, 0.717) is 23.6 Å². The normalized spacial score (nSPS) is 12.7. The van der Waals surface area contributed by atoms with E-state index in [-0.39, 0.29) is 11.9 Å². The van der Waals surface area contributed by atoms with Crippen LogP contribution in [0.4, 0.5) is 0 Å². The highest BCUT2D eigenvalue weighted by molar-refractivity contribution is 6.33. The summed E-state index contributed by atoms with van der Waals surface area (Å²) >= 11 is 6.23. The van der Waals surface area contributed by atoms with Crippen LogP contribution in [0.2, 0.25) is 5.02 Å². The van der Waals surface area contributed by atoms with Crippen molar-refractivity contribution >= 4 is 34.3 Å². The first kappa shape index (κ1) is 24.4. The molecule has 0 aliphatic rings. The summed E-state index contributed by atoms with van der Waals surface area (Å²) in [5.74, 6) is 0.0556. The Balaban J connectivity index is 1.57. The molecule has 2 atom stereocenters. The van der Waals surface area contributed by atoms with Crippen molar-refractivity contribution in [3.05, 3.63) is 101 Å². The number of hydrogen-bond donors (Lipinski definition) is 3. The molecule has 0 bridgehead atoms. The van der Waals surface area contributed by atoms with Crippen molar-refractivity contribution in [1.82, 2.24) is 15.6 Å². The van der Waals surface area contributed by atoms with E-state index in [1.54, 1.807) is 24.3 Å². The van der Waals surface area contributed by atoms with Crippen LogP contribution in [0.1, 0.15) is 41.4 Å². The molecule has 7 heteroatoms. The Hall–Kier alpha value is -3.77. The molecule has 0 saturated carbocycles. The van der Waals surface area contributed by atoms with Crippen LogP contribution in [0, 0.1) is 0 Å². The minimum Gasteiger partial charge on any atom is -0.494 e. The average Bonchev–Trinajstić information content (AvgIpc) is 3.27. The number of halogens is 1. The number of fused-ring (bicyclic) bond motifs is 1. The van der Waals surface area contributed by atoms with E-state index < -0.39 is 11.9 Å². The van der Waals surface area contributed by atoms with E-state index in [0.717, 1.165) is 27.8 Å². The van der Waals surface area contributed by atoms with Crippen molar-refractivity contribution in [2.45, 2.75) is 32.4 Å². The lowest BCUT2D eigenvalue weighted by Gasteiger charge is -2.22. The van der Waals surface area contributed by atoms with Crippen LogP contribution in [0.3, 0.4) is 0 Å². The van der Waals surface area contributed by atoms with Gasteiger partial charge in [0.05, 0.1) is 23.2 Å². The molecule has 1 heterocycles. The minimum atomic E-state index is -0.810. The van der Waals surface area contributed by atoms with Gasteiger partial charge < -0.3 is 20.4 Å². The maximum atomic E-state index is 13.5. The Bertz CT molecular complexity index is 1330. The second kappa shape index (κ2) is 11.1. The average molecular weight is 490 g/mol. The standard InChI is InChI=1S/C28H28ClN3O3/c1-3-35-21-10-8-9-19(15-21)18(2)31-28(34)26(32-27(33)23-12-4-6-13-24(23)29)16-20-17-30-25-14-7-5-11-22(20)25/h4-15,17-18,26,30H,3,16H2,1-2H3,(H,31,34)(H,32,33). The number of carbonyl (C=O) groups excluding carboxylic acids is 2. The Labute approximate surface area is 209 Å². The van der Waals surface area contributed by atoms with Crippen molar-refractivity contribution in [2.24, 2.45) is 0 Å². The summed E-state index contributed by atoms with van der Waals surface area (Å²) in [5, 5.41) is 7.28. The fourth-order valence-electron chi connectivity index (χ4n) is 4.05. The van der Waals surface area contributed by atoms with Gasteiger partial charge in [-0.15, -0.1) is 0 Å². The molecule has 35 heavy (non-hydrogen) atoms. The lowest BCUT2D eigenvalue weighted by molar-refractivity contribution is -0.123. The van der Waals surface area contributed by atoms with Gasteiger partial charge in [-0.05, 0) is 55.3 Å². The Morgan fingerprint density at radius 1 is 1.00 bits per heavy atom. The van der Waals surface area contributed by atoms with Gasteiger partial charge in [0.2, 0.25) is 5.91 Å². The molecule has 4 rings (SSSR count). The van der Waals surface area contributed by atoms with E-state index in [4.69, 9.17) is 16.3 Å². The number of benzene rings is 3. The van der Waals surface area contributed by atoms with Crippen LogP contribution >= 0.6 is 11.6 Å². The molecular formula is C28H28ClN3O3. The predicted octanol–water partition coefficient (Wildman–Crippen LogP) is 5.44. The highest BCUT2D eigenvalue weighted by Gasteiger charge is 2.25. The summed E-state index contributed by atoms with van der Waals surface area (Å²) in [4.78, 5) is 29.7. The van der Waals surface area contributed by atoms with Gasteiger partial charge in [0, 0.05) is 23.5 Å². The van der Waals surface area contributed by atoms with Crippen LogP contribution in [-0.4, -0.2) is 29.4 Å². The summed E-state index contributed by atoms with van der Waals surface area (Å²) in [6.07, 6.45) is 2.19. The number of nitrogens with one attached hydrogen (secondary N) is 3. The molecule has 0 aliphatic carbocycles. The molecule has 1 aromatic heterocycles. The van der Waals surface area contributed by atoms with Crippen LogP contribution in [-0.2, 0) is 11.2 Å². The number of H-pyrrole nitrogens is 1. The van der Waals surface area contributed by atoms with Gasteiger partial charge in [-0.3, -0.25) is 9.59 Å². The lowest BCUT2D eigenvalue weighted by atomic mass is 10.0. The molecule has 6 nitrogen and oxygen atoms in total. The fourth-order valence-corrected chi connectivity index (χ4v) is 4.27. The molecule has 0 fully saturated rings. The van der Waals surface area contributed by atoms with Crippen LogP contribution in [0.5, 0.6) is 5.75 Å². The zero-order valence-electron chi connectivity index (χ0n) is 19.7. The summed E-state index contributed by atoms with van der Waals surface area (Å²) < 4.78 is 5.59. The van der Waals surface area contributed by atoms with Crippen molar-refractivity contribution in [2.75, 3.05) is 6.61 Å². The highest BCUT2D eigenvalue weighted by atomic mass is 35.5. The summed E-state index contributed by atoms with van der Waals surface area (Å²) in [6, 6.07) is 21.2. The third-order valence-electron chi connectivity index (χ3n) is 5.87. The van der Waals surface area contributed by atoms with Crippen LogP contribution < -0.4 is 15.4 Å².